The summed E-state index contributed by atoms with van der Waals surface area (Å²) in [6, 6.07) is 62.6. The Kier molecular flexibility index (Phi) is 7.45. The third-order valence-electron chi connectivity index (χ3n) is 9.11. The number of fused-ring (bicyclic) bond motifs is 3. The normalized spacial score (nSPS) is 11.2. The maximum Gasteiger partial charge on any atom is 0.160 e. The van der Waals surface area contributed by atoms with E-state index >= 15 is 0 Å². The van der Waals surface area contributed by atoms with Crippen LogP contribution in [0.2, 0.25) is 0 Å². The molecule has 0 aliphatic heterocycles. The molecule has 0 saturated heterocycles. The molecule has 0 fully saturated rings. The number of hydrogen-bond acceptors (Lipinski definition) is 4. The van der Waals surface area contributed by atoms with E-state index in [1.54, 1.807) is 0 Å². The molecule has 3 aromatic heterocycles. The minimum Gasteiger partial charge on any atom is -0.245 e. The van der Waals surface area contributed by atoms with Gasteiger partial charge in [0.15, 0.2) is 5.82 Å². The van der Waals surface area contributed by atoms with Crippen molar-refractivity contribution in [3.8, 4) is 67.5 Å². The van der Waals surface area contributed by atoms with Crippen LogP contribution in [0, 0.1) is 0 Å². The van der Waals surface area contributed by atoms with Gasteiger partial charge in [0, 0.05) is 38.6 Å². The first-order chi connectivity index (χ1) is 24.7. The average molecular weight is 639 g/mol. The molecule has 0 saturated carbocycles. The third kappa shape index (κ3) is 5.69. The summed E-state index contributed by atoms with van der Waals surface area (Å²) in [4.78, 5) is 20.3. The second kappa shape index (κ2) is 12.7. The van der Waals surface area contributed by atoms with Crippen LogP contribution in [0.1, 0.15) is 0 Å². The van der Waals surface area contributed by atoms with Gasteiger partial charge in [-0.25, -0.2) is 19.9 Å². The zero-order valence-electron chi connectivity index (χ0n) is 27.1. The van der Waals surface area contributed by atoms with Crippen LogP contribution < -0.4 is 0 Å². The SMILES string of the molecule is c1ccc(-c2ccc(-c3nc(-c4ccccc4)cc(-c4ccc(-c5ccc6ccc7ccc(-c8ccccc8)nc7c6n5)cc4)n3)cc2)cc1. The predicted molar refractivity (Wildman–Crippen MR) is 205 cm³/mol. The van der Waals surface area contributed by atoms with Gasteiger partial charge in [0.05, 0.1) is 33.8 Å². The molecule has 9 rings (SSSR count). The van der Waals surface area contributed by atoms with Gasteiger partial charge >= 0.3 is 0 Å². The number of nitrogens with zero attached hydrogens (tertiary/aromatic N) is 4. The number of hydrogen-bond donors (Lipinski definition) is 0. The van der Waals surface area contributed by atoms with Crippen molar-refractivity contribution in [2.24, 2.45) is 0 Å². The molecule has 0 aliphatic rings. The molecule has 3 heterocycles. The molecular weight excluding hydrogens is 609 g/mol. The molecule has 0 atom stereocenters. The van der Waals surface area contributed by atoms with E-state index in [0.717, 1.165) is 78.0 Å². The first-order valence-electron chi connectivity index (χ1n) is 16.7. The lowest BCUT2D eigenvalue weighted by atomic mass is 10.0. The summed E-state index contributed by atoms with van der Waals surface area (Å²) < 4.78 is 0. The van der Waals surface area contributed by atoms with Crippen LogP contribution in [0.4, 0.5) is 0 Å². The van der Waals surface area contributed by atoms with Gasteiger partial charge in [-0.15, -0.1) is 0 Å². The van der Waals surface area contributed by atoms with Crippen molar-refractivity contribution in [3.63, 3.8) is 0 Å². The van der Waals surface area contributed by atoms with Crippen molar-refractivity contribution < 1.29 is 0 Å². The lowest BCUT2D eigenvalue weighted by Crippen LogP contribution is -1.96. The molecule has 4 nitrogen and oxygen atoms in total. The van der Waals surface area contributed by atoms with E-state index in [-0.39, 0.29) is 0 Å². The van der Waals surface area contributed by atoms with Gasteiger partial charge in [-0.1, -0.05) is 164 Å². The van der Waals surface area contributed by atoms with Gasteiger partial charge in [-0.2, -0.15) is 0 Å². The van der Waals surface area contributed by atoms with E-state index < -0.39 is 0 Å². The van der Waals surface area contributed by atoms with Crippen LogP contribution in [0.25, 0.3) is 89.4 Å². The smallest absolute Gasteiger partial charge is 0.160 e. The first kappa shape index (κ1) is 29.4. The molecule has 6 aromatic carbocycles. The highest BCUT2D eigenvalue weighted by atomic mass is 14.9. The van der Waals surface area contributed by atoms with Crippen molar-refractivity contribution in [2.75, 3.05) is 0 Å². The van der Waals surface area contributed by atoms with Crippen LogP contribution in [0.5, 0.6) is 0 Å². The largest absolute Gasteiger partial charge is 0.245 e. The average Bonchev–Trinajstić information content (AvgIpc) is 3.21. The molecule has 9 aromatic rings. The molecular formula is C46H30N4. The van der Waals surface area contributed by atoms with Gasteiger partial charge < -0.3 is 0 Å². The van der Waals surface area contributed by atoms with Crippen molar-refractivity contribution >= 4 is 21.8 Å². The van der Waals surface area contributed by atoms with Gasteiger partial charge in [-0.05, 0) is 29.3 Å². The Morgan fingerprint density at radius 3 is 1.08 bits per heavy atom. The summed E-state index contributed by atoms with van der Waals surface area (Å²) >= 11 is 0. The fraction of sp³-hybridized carbons (Fsp3) is 0. The molecule has 0 bridgehead atoms. The summed E-state index contributed by atoms with van der Waals surface area (Å²) in [5.41, 5.74) is 12.9. The van der Waals surface area contributed by atoms with Gasteiger partial charge in [0.2, 0.25) is 0 Å². The van der Waals surface area contributed by atoms with E-state index in [0.29, 0.717) is 5.82 Å². The molecule has 0 spiro atoms. The summed E-state index contributed by atoms with van der Waals surface area (Å²) in [6.07, 6.45) is 0. The van der Waals surface area contributed by atoms with Crippen molar-refractivity contribution in [3.05, 3.63) is 182 Å². The molecule has 4 heteroatoms. The standard InChI is InChI=1S/C46H30N4/c1-4-10-31(11-5-1)32-16-24-39(25-17-32)46-49-42(34-14-8-3-9-15-34)30-43(50-46)36-20-18-35(19-21-36)41-29-27-38-23-22-37-26-28-40(33-12-6-2-7-13-33)47-44(37)45(38)48-41/h1-30H. The van der Waals surface area contributed by atoms with E-state index in [2.05, 4.69) is 140 Å². The van der Waals surface area contributed by atoms with Gasteiger partial charge in [0.25, 0.3) is 0 Å². The van der Waals surface area contributed by atoms with E-state index in [4.69, 9.17) is 19.9 Å². The summed E-state index contributed by atoms with van der Waals surface area (Å²) in [6.45, 7) is 0. The predicted octanol–water partition coefficient (Wildman–Crippen LogP) is 11.6. The van der Waals surface area contributed by atoms with Gasteiger partial charge in [-0.3, -0.25) is 0 Å². The Balaban J connectivity index is 1.09. The first-order valence-corrected chi connectivity index (χ1v) is 16.7. The summed E-state index contributed by atoms with van der Waals surface area (Å²) in [5, 5.41) is 2.13. The monoisotopic (exact) mass is 638 g/mol. The number of pyridine rings is 2. The van der Waals surface area contributed by atoms with Gasteiger partial charge in [0.1, 0.15) is 0 Å². The second-order valence-corrected chi connectivity index (χ2v) is 12.3. The van der Waals surface area contributed by atoms with Crippen LogP contribution in [0.15, 0.2) is 182 Å². The lowest BCUT2D eigenvalue weighted by Gasteiger charge is -2.11. The van der Waals surface area contributed by atoms with Crippen molar-refractivity contribution in [1.82, 2.24) is 19.9 Å². The number of benzene rings is 6. The highest BCUT2D eigenvalue weighted by molar-refractivity contribution is 6.04. The molecule has 0 N–H and O–H groups in total. The fourth-order valence-electron chi connectivity index (χ4n) is 6.43. The Morgan fingerprint density at radius 2 is 0.580 bits per heavy atom. The quantitative estimate of drug-likeness (QED) is 0.170. The number of rotatable bonds is 6. The Morgan fingerprint density at radius 1 is 0.240 bits per heavy atom. The van der Waals surface area contributed by atoms with E-state index in [1.807, 2.05) is 42.5 Å². The summed E-state index contributed by atoms with van der Waals surface area (Å²) in [5.74, 6) is 0.690. The highest BCUT2D eigenvalue weighted by Gasteiger charge is 2.13. The second-order valence-electron chi connectivity index (χ2n) is 12.3. The Labute approximate surface area is 290 Å². The Bertz CT molecular complexity index is 2600. The minimum absolute atomic E-state index is 0.690. The fourth-order valence-corrected chi connectivity index (χ4v) is 6.43. The van der Waals surface area contributed by atoms with Crippen LogP contribution >= 0.6 is 0 Å². The van der Waals surface area contributed by atoms with Crippen molar-refractivity contribution in [2.45, 2.75) is 0 Å². The maximum atomic E-state index is 5.16. The van der Waals surface area contributed by atoms with Crippen LogP contribution in [-0.2, 0) is 0 Å². The molecule has 0 unspecified atom stereocenters. The molecule has 0 amide bonds. The Hall–Kier alpha value is -6.78. The molecule has 0 aliphatic carbocycles. The maximum absolute atomic E-state index is 5.16. The molecule has 0 radical (unpaired) electrons. The van der Waals surface area contributed by atoms with Crippen molar-refractivity contribution in [1.29, 1.82) is 0 Å². The zero-order valence-corrected chi connectivity index (χ0v) is 27.1. The number of aromatic nitrogens is 4. The summed E-state index contributed by atoms with van der Waals surface area (Å²) in [7, 11) is 0. The third-order valence-corrected chi connectivity index (χ3v) is 9.11. The topological polar surface area (TPSA) is 51.6 Å². The van der Waals surface area contributed by atoms with Crippen LogP contribution in [0.3, 0.4) is 0 Å². The molecule has 234 valence electrons. The van der Waals surface area contributed by atoms with Crippen LogP contribution in [-0.4, -0.2) is 19.9 Å². The lowest BCUT2D eigenvalue weighted by molar-refractivity contribution is 1.18. The van der Waals surface area contributed by atoms with E-state index in [9.17, 15) is 0 Å². The minimum atomic E-state index is 0.690. The zero-order chi connectivity index (χ0) is 33.3. The van der Waals surface area contributed by atoms with E-state index in [1.165, 1.54) is 5.56 Å². The highest BCUT2D eigenvalue weighted by Crippen LogP contribution is 2.32. The molecule has 50 heavy (non-hydrogen) atoms.